The zero-order valence-corrected chi connectivity index (χ0v) is 36.1. The van der Waals surface area contributed by atoms with Gasteiger partial charge in [0.25, 0.3) is 11.8 Å². The number of hydrogen-bond acceptors (Lipinski definition) is 9. The second kappa shape index (κ2) is 23.3. The van der Waals surface area contributed by atoms with Crippen molar-refractivity contribution in [3.63, 3.8) is 0 Å². The molecule has 14 nitrogen and oxygen atoms in total. The third-order valence-corrected chi connectivity index (χ3v) is 10.7. The lowest BCUT2D eigenvalue weighted by atomic mass is 10.1. The van der Waals surface area contributed by atoms with Crippen LogP contribution in [-0.2, 0) is 40.2 Å². The number of nitrogens with zero attached hydrogens (tertiary/aromatic N) is 6. The maximum Gasteiger partial charge on any atom is 0.324 e. The molecule has 0 radical (unpaired) electrons. The Morgan fingerprint density at radius 2 is 1.05 bits per heavy atom. The van der Waals surface area contributed by atoms with Crippen LogP contribution in [0.2, 0.25) is 0 Å². The maximum absolute atomic E-state index is 13.3. The topological polar surface area (TPSA) is 151 Å². The van der Waals surface area contributed by atoms with E-state index >= 15 is 0 Å². The molecule has 2 fully saturated rings. The summed E-state index contributed by atoms with van der Waals surface area (Å²) < 4.78 is 65.7. The molecular formula is C47H51F4N7O7. The number of Topliss-reactive ketones (excluding diaryl/α,β-unsaturated/α-hetero) is 1. The smallest absolute Gasteiger partial charge is 0.324 e. The number of alkyl halides is 4. The largest absolute Gasteiger partial charge is 0.415 e. The molecule has 3 heterocycles. The summed E-state index contributed by atoms with van der Waals surface area (Å²) in [6.07, 6.45) is -4.16. The van der Waals surface area contributed by atoms with Gasteiger partial charge in [-0.25, -0.2) is 9.59 Å². The fourth-order valence-corrected chi connectivity index (χ4v) is 6.91. The minimum Gasteiger partial charge on any atom is -0.415 e. The highest BCUT2D eigenvalue weighted by Gasteiger charge is 2.27. The number of aryl methyl sites for hydroxylation is 2. The lowest BCUT2D eigenvalue weighted by molar-refractivity contribution is -0.131. The van der Waals surface area contributed by atoms with Gasteiger partial charge in [-0.3, -0.25) is 19.4 Å². The van der Waals surface area contributed by atoms with E-state index < -0.39 is 37.0 Å². The number of halogens is 4. The van der Waals surface area contributed by atoms with Crippen LogP contribution in [0.4, 0.5) is 38.5 Å². The van der Waals surface area contributed by atoms with Crippen LogP contribution in [-0.4, -0.2) is 109 Å². The lowest BCUT2D eigenvalue weighted by Gasteiger charge is -2.33. The van der Waals surface area contributed by atoms with Crippen LogP contribution < -0.4 is 15.1 Å². The normalized spacial score (nSPS) is 13.8. The molecule has 0 unspecified atom stereocenters. The monoisotopic (exact) mass is 901 g/mol. The molecule has 1 N–H and O–H groups in total. The predicted octanol–water partition coefficient (Wildman–Crippen LogP) is 7.97. The van der Waals surface area contributed by atoms with E-state index in [4.69, 9.17) is 13.9 Å². The number of aromatic nitrogens is 2. The van der Waals surface area contributed by atoms with E-state index in [9.17, 15) is 36.7 Å². The molecule has 65 heavy (non-hydrogen) atoms. The molecule has 2 aliphatic heterocycles. The van der Waals surface area contributed by atoms with Crippen molar-refractivity contribution in [3.05, 3.63) is 131 Å². The van der Waals surface area contributed by atoms with Gasteiger partial charge in [0.2, 0.25) is 5.89 Å². The average Bonchev–Trinajstić information content (AvgIpc) is 3.86. The molecule has 4 aromatic carbocycles. The van der Waals surface area contributed by atoms with E-state index in [2.05, 4.69) is 24.0 Å². The number of carbonyl (C=O) groups excluding carboxylic acids is 4. The number of urea groups is 2. The highest BCUT2D eigenvalue weighted by Crippen LogP contribution is 2.26. The van der Waals surface area contributed by atoms with Crippen molar-refractivity contribution in [2.45, 2.75) is 52.6 Å². The van der Waals surface area contributed by atoms with Gasteiger partial charge in [-0.2, -0.15) is 17.6 Å². The Morgan fingerprint density at radius 3 is 1.45 bits per heavy atom. The molecule has 2 saturated heterocycles. The molecule has 1 aromatic heterocycles. The van der Waals surface area contributed by atoms with Crippen molar-refractivity contribution in [2.24, 2.45) is 0 Å². The molecule has 344 valence electrons. The first kappa shape index (κ1) is 47.8. The molecule has 0 saturated carbocycles. The zero-order valence-electron chi connectivity index (χ0n) is 36.1. The molecule has 2 aliphatic rings. The van der Waals surface area contributed by atoms with Crippen LogP contribution in [0.1, 0.15) is 58.8 Å². The third kappa shape index (κ3) is 13.2. The molecule has 7 rings (SSSR count). The molecular weight excluding hydrogens is 851 g/mol. The lowest BCUT2D eigenvalue weighted by Crippen LogP contribution is -2.48. The second-order valence-corrected chi connectivity index (χ2v) is 15.1. The van der Waals surface area contributed by atoms with Crippen molar-refractivity contribution in [1.29, 1.82) is 0 Å². The first-order chi connectivity index (χ1) is 31.4. The van der Waals surface area contributed by atoms with Gasteiger partial charge in [0, 0.05) is 48.7 Å². The van der Waals surface area contributed by atoms with Gasteiger partial charge in [0.05, 0.1) is 46.1 Å². The van der Waals surface area contributed by atoms with Gasteiger partial charge in [-0.05, 0) is 71.5 Å². The number of morpholine rings is 2. The predicted molar refractivity (Wildman–Crippen MR) is 234 cm³/mol. The number of anilines is 2. The molecule has 5 amide bonds. The number of nitrogens with one attached hydrogen (secondary N) is 1. The van der Waals surface area contributed by atoms with Crippen LogP contribution in [0.25, 0.3) is 11.5 Å². The fraction of sp³-hybridized carbons (Fsp3) is 0.362. The summed E-state index contributed by atoms with van der Waals surface area (Å²) in [5, 5.41) is 8.93. The van der Waals surface area contributed by atoms with Gasteiger partial charge in [-0.15, -0.1) is 10.2 Å². The first-order valence-corrected chi connectivity index (χ1v) is 21.3. The molecule has 0 aliphatic carbocycles. The van der Waals surface area contributed by atoms with Gasteiger partial charge >= 0.3 is 24.9 Å². The van der Waals surface area contributed by atoms with Gasteiger partial charge < -0.3 is 29.0 Å². The molecule has 5 aromatic rings. The summed E-state index contributed by atoms with van der Waals surface area (Å²) in [5.74, 6) is -2.64. The number of ketones is 1. The Kier molecular flexibility index (Phi) is 17.2. The second-order valence-electron chi connectivity index (χ2n) is 15.1. The van der Waals surface area contributed by atoms with E-state index in [1.807, 2.05) is 66.0 Å². The minimum absolute atomic E-state index is 0.0308. The molecule has 0 atom stereocenters. The highest BCUT2D eigenvalue weighted by atomic mass is 19.3. The number of benzene rings is 4. The SMILES string of the molecule is CCc1ccc(N(Cc2ccc(-c3nnc(C(F)F)o3)cc2)C(=O)N2CCOCC2)cc1.CCc1ccc(N(Cc2ccc(C(=O)CNC(=O)C(F)F)cc2)C(=O)N2CCOCC2)cc1. The van der Waals surface area contributed by atoms with Crippen molar-refractivity contribution >= 4 is 35.1 Å². The van der Waals surface area contributed by atoms with Crippen molar-refractivity contribution < 1.29 is 50.6 Å². The zero-order chi connectivity index (χ0) is 46.3. The standard InChI is InChI=1S/C24H27F2N3O4.C23H24F2N4O3/c1-2-17-5-9-20(10-6-17)29(24(32)28-11-13-33-14-12-28)16-18-3-7-19(8-4-18)21(30)15-27-23(31)22(25)26;1-2-16-5-9-19(10-6-16)29(23(30)28-11-13-31-14-12-28)15-17-3-7-18(8-4-17)21-26-27-22(32-21)20(24)25/h3-10,22H,2,11-16H2,1H3,(H,27,31);3-10,20H,2,11-15H2,1H3. The number of carbonyl (C=O) groups is 4. The molecule has 18 heteroatoms. The van der Waals surface area contributed by atoms with E-state index in [0.717, 1.165) is 35.3 Å². The Balaban J connectivity index is 0.000000215. The Bertz CT molecular complexity index is 2320. The Morgan fingerprint density at radius 1 is 0.615 bits per heavy atom. The van der Waals surface area contributed by atoms with Gasteiger partial charge in [-0.1, -0.05) is 74.5 Å². The number of rotatable bonds is 14. The fourth-order valence-electron chi connectivity index (χ4n) is 6.91. The summed E-state index contributed by atoms with van der Waals surface area (Å²) >= 11 is 0. The van der Waals surface area contributed by atoms with Crippen LogP contribution in [0, 0.1) is 0 Å². The number of ether oxygens (including phenoxy) is 2. The molecule has 0 spiro atoms. The Hall–Kier alpha value is -6.66. The summed E-state index contributed by atoms with van der Waals surface area (Å²) in [7, 11) is 0. The number of amides is 5. The summed E-state index contributed by atoms with van der Waals surface area (Å²) in [4.78, 5) is 56.7. The quantitative estimate of drug-likeness (QED) is 0.0865. The Labute approximate surface area is 374 Å². The van der Waals surface area contributed by atoms with Crippen molar-refractivity contribution in [2.75, 3.05) is 69.0 Å². The van der Waals surface area contributed by atoms with E-state index in [1.165, 1.54) is 11.1 Å². The molecule has 0 bridgehead atoms. The van der Waals surface area contributed by atoms with Crippen LogP contribution in [0.15, 0.2) is 101 Å². The van der Waals surface area contributed by atoms with Crippen LogP contribution >= 0.6 is 0 Å². The summed E-state index contributed by atoms with van der Waals surface area (Å²) in [6, 6.07) is 29.2. The van der Waals surface area contributed by atoms with E-state index in [0.29, 0.717) is 64.7 Å². The van der Waals surface area contributed by atoms with E-state index in [1.54, 1.807) is 56.0 Å². The van der Waals surface area contributed by atoms with Crippen LogP contribution in [0.5, 0.6) is 0 Å². The third-order valence-electron chi connectivity index (χ3n) is 10.7. The summed E-state index contributed by atoms with van der Waals surface area (Å²) in [5.41, 5.74) is 6.42. The van der Waals surface area contributed by atoms with Crippen molar-refractivity contribution in [1.82, 2.24) is 25.3 Å². The first-order valence-electron chi connectivity index (χ1n) is 21.3. The van der Waals surface area contributed by atoms with E-state index in [-0.39, 0.29) is 30.1 Å². The maximum atomic E-state index is 13.3. The minimum atomic E-state index is -3.17. The number of hydrogen-bond donors (Lipinski definition) is 1. The van der Waals surface area contributed by atoms with Gasteiger partial charge in [0.15, 0.2) is 5.78 Å². The average molecular weight is 902 g/mol. The van der Waals surface area contributed by atoms with Crippen molar-refractivity contribution in [3.8, 4) is 11.5 Å². The highest BCUT2D eigenvalue weighted by molar-refractivity contribution is 5.99. The van der Waals surface area contributed by atoms with Crippen LogP contribution in [0.3, 0.4) is 0 Å². The van der Waals surface area contributed by atoms with Gasteiger partial charge in [0.1, 0.15) is 0 Å². The summed E-state index contributed by atoms with van der Waals surface area (Å²) in [6.45, 7) is 8.44.